The molecule has 1 atom stereocenters. The molecule has 1 rings (SSSR count). The highest BCUT2D eigenvalue weighted by Gasteiger charge is 2.35. The minimum absolute atomic E-state index is 0.0238. The monoisotopic (exact) mass is 261 g/mol. The van der Waals surface area contributed by atoms with Gasteiger partial charge in [-0.1, -0.05) is 20.8 Å². The molecule has 1 amide bonds. The molecule has 0 radical (unpaired) electrons. The Labute approximate surface area is 109 Å². The second-order valence-corrected chi connectivity index (χ2v) is 6.97. The third-order valence-electron chi connectivity index (χ3n) is 2.69. The molecule has 4 heteroatoms. The van der Waals surface area contributed by atoms with E-state index in [-0.39, 0.29) is 23.0 Å². The van der Waals surface area contributed by atoms with Gasteiger partial charge < -0.3 is 9.64 Å². The van der Waals surface area contributed by atoms with Crippen LogP contribution in [-0.4, -0.2) is 41.5 Å². The Morgan fingerprint density at radius 3 is 2.53 bits per heavy atom. The highest BCUT2D eigenvalue weighted by atomic mass is 35.5. The van der Waals surface area contributed by atoms with Crippen LogP contribution in [-0.2, 0) is 9.53 Å². The minimum atomic E-state index is -0.300. The summed E-state index contributed by atoms with van der Waals surface area (Å²) in [7, 11) is 0. The molecule has 100 valence electrons. The van der Waals surface area contributed by atoms with Crippen molar-refractivity contribution >= 4 is 17.5 Å². The predicted molar refractivity (Wildman–Crippen MR) is 70.3 cm³/mol. The molecule has 1 saturated heterocycles. The smallest absolute Gasteiger partial charge is 0.223 e. The lowest BCUT2D eigenvalue weighted by molar-refractivity contribution is -0.159. The molecule has 1 aliphatic heterocycles. The van der Waals surface area contributed by atoms with Gasteiger partial charge in [0.1, 0.15) is 0 Å². The summed E-state index contributed by atoms with van der Waals surface area (Å²) >= 11 is 5.85. The van der Waals surface area contributed by atoms with E-state index in [0.29, 0.717) is 25.4 Å². The molecule has 1 fully saturated rings. The van der Waals surface area contributed by atoms with Crippen LogP contribution in [0.5, 0.6) is 0 Å². The highest BCUT2D eigenvalue weighted by molar-refractivity contribution is 6.18. The fourth-order valence-corrected chi connectivity index (χ4v) is 2.29. The van der Waals surface area contributed by atoms with E-state index in [2.05, 4.69) is 20.8 Å². The normalized spacial score (nSPS) is 24.8. The first-order chi connectivity index (χ1) is 7.63. The molecule has 1 unspecified atom stereocenters. The first-order valence-corrected chi connectivity index (χ1v) is 6.68. The van der Waals surface area contributed by atoms with Crippen LogP contribution in [0.15, 0.2) is 0 Å². The van der Waals surface area contributed by atoms with Crippen molar-refractivity contribution in [3.8, 4) is 0 Å². The van der Waals surface area contributed by atoms with Gasteiger partial charge in [0, 0.05) is 19.5 Å². The first kappa shape index (κ1) is 14.8. The van der Waals surface area contributed by atoms with Crippen molar-refractivity contribution in [3.63, 3.8) is 0 Å². The van der Waals surface area contributed by atoms with E-state index < -0.39 is 0 Å². The molecule has 0 bridgehead atoms. The standard InChI is InChI=1S/C13H24ClNO2/c1-12(2,3)6-11(16)15-8-10(7-14)17-13(4,5)9-15/h10H,6-9H2,1-5H3. The molecule has 0 aromatic carbocycles. The molecule has 0 aliphatic carbocycles. The summed E-state index contributed by atoms with van der Waals surface area (Å²) in [5.41, 5.74) is -0.276. The minimum Gasteiger partial charge on any atom is -0.367 e. The third kappa shape index (κ3) is 4.84. The molecule has 0 aromatic heterocycles. The number of rotatable bonds is 2. The summed E-state index contributed by atoms with van der Waals surface area (Å²) in [6, 6.07) is 0. The Bertz CT molecular complexity index is 284. The van der Waals surface area contributed by atoms with E-state index in [0.717, 1.165) is 0 Å². The number of carbonyl (C=O) groups excluding carboxylic acids is 1. The number of carbonyl (C=O) groups is 1. The molecular formula is C13H24ClNO2. The Morgan fingerprint density at radius 1 is 1.47 bits per heavy atom. The maximum atomic E-state index is 12.2. The number of alkyl halides is 1. The zero-order valence-electron chi connectivity index (χ0n) is 11.5. The van der Waals surface area contributed by atoms with Crippen LogP contribution in [0.4, 0.5) is 0 Å². The summed E-state index contributed by atoms with van der Waals surface area (Å²) in [4.78, 5) is 14.1. The number of hydrogen-bond donors (Lipinski definition) is 0. The summed E-state index contributed by atoms with van der Waals surface area (Å²) in [5, 5.41) is 0. The predicted octanol–water partition coefficient (Wildman–Crippen LogP) is 2.67. The number of amides is 1. The molecule has 0 aromatic rings. The SMILES string of the molecule is CC(C)(C)CC(=O)N1CC(CCl)OC(C)(C)C1. The van der Waals surface area contributed by atoms with Gasteiger partial charge >= 0.3 is 0 Å². The van der Waals surface area contributed by atoms with Gasteiger partial charge in [-0.25, -0.2) is 0 Å². The van der Waals surface area contributed by atoms with Gasteiger partial charge in [0.2, 0.25) is 5.91 Å². The van der Waals surface area contributed by atoms with Crippen molar-refractivity contribution in [2.45, 2.75) is 52.7 Å². The summed E-state index contributed by atoms with van der Waals surface area (Å²) in [6.45, 7) is 11.5. The van der Waals surface area contributed by atoms with Gasteiger partial charge in [-0.15, -0.1) is 11.6 Å². The van der Waals surface area contributed by atoms with Crippen LogP contribution in [0, 0.1) is 5.41 Å². The van der Waals surface area contributed by atoms with Gasteiger partial charge in [-0.05, 0) is 19.3 Å². The molecule has 1 heterocycles. The van der Waals surface area contributed by atoms with Crippen LogP contribution < -0.4 is 0 Å². The van der Waals surface area contributed by atoms with Crippen LogP contribution in [0.3, 0.4) is 0 Å². The Balaban J connectivity index is 2.67. The van der Waals surface area contributed by atoms with Crippen LogP contribution in [0.25, 0.3) is 0 Å². The Morgan fingerprint density at radius 2 is 2.06 bits per heavy atom. The third-order valence-corrected chi connectivity index (χ3v) is 3.03. The molecule has 17 heavy (non-hydrogen) atoms. The fraction of sp³-hybridized carbons (Fsp3) is 0.923. The van der Waals surface area contributed by atoms with E-state index in [1.54, 1.807) is 0 Å². The van der Waals surface area contributed by atoms with Gasteiger partial charge in [0.25, 0.3) is 0 Å². The van der Waals surface area contributed by atoms with E-state index in [4.69, 9.17) is 16.3 Å². The van der Waals surface area contributed by atoms with Crippen molar-refractivity contribution in [1.29, 1.82) is 0 Å². The van der Waals surface area contributed by atoms with E-state index in [1.807, 2.05) is 18.7 Å². The van der Waals surface area contributed by atoms with Crippen molar-refractivity contribution in [3.05, 3.63) is 0 Å². The molecule has 0 N–H and O–H groups in total. The number of morpholine rings is 1. The van der Waals surface area contributed by atoms with Crippen LogP contribution in [0.1, 0.15) is 41.0 Å². The summed E-state index contributed by atoms with van der Waals surface area (Å²) in [5.74, 6) is 0.631. The maximum absolute atomic E-state index is 12.2. The zero-order chi connectivity index (χ0) is 13.3. The van der Waals surface area contributed by atoms with Gasteiger partial charge in [0.15, 0.2) is 0 Å². The second-order valence-electron chi connectivity index (χ2n) is 6.67. The van der Waals surface area contributed by atoms with Crippen LogP contribution in [0.2, 0.25) is 0 Å². The van der Waals surface area contributed by atoms with Crippen molar-refractivity contribution < 1.29 is 9.53 Å². The summed E-state index contributed by atoms with van der Waals surface area (Å²) < 4.78 is 5.81. The lowest BCUT2D eigenvalue weighted by atomic mass is 9.91. The Kier molecular flexibility index (Phi) is 4.48. The lowest BCUT2D eigenvalue weighted by Gasteiger charge is -2.43. The molecule has 3 nitrogen and oxygen atoms in total. The quantitative estimate of drug-likeness (QED) is 0.716. The number of nitrogens with zero attached hydrogens (tertiary/aromatic N) is 1. The Hall–Kier alpha value is -0.280. The fourth-order valence-electron chi connectivity index (χ4n) is 2.13. The molecule has 1 aliphatic rings. The van der Waals surface area contributed by atoms with Gasteiger partial charge in [0.05, 0.1) is 17.6 Å². The lowest BCUT2D eigenvalue weighted by Crippen LogP contribution is -2.55. The molecule has 0 spiro atoms. The van der Waals surface area contributed by atoms with Crippen LogP contribution >= 0.6 is 11.6 Å². The molecular weight excluding hydrogens is 238 g/mol. The van der Waals surface area contributed by atoms with Crippen molar-refractivity contribution in [2.75, 3.05) is 19.0 Å². The van der Waals surface area contributed by atoms with E-state index in [9.17, 15) is 4.79 Å². The topological polar surface area (TPSA) is 29.5 Å². The van der Waals surface area contributed by atoms with E-state index in [1.165, 1.54) is 0 Å². The first-order valence-electron chi connectivity index (χ1n) is 6.14. The average Bonchev–Trinajstić information content (AvgIpc) is 2.12. The summed E-state index contributed by atoms with van der Waals surface area (Å²) in [6.07, 6.45) is 0.516. The van der Waals surface area contributed by atoms with Crippen molar-refractivity contribution in [2.24, 2.45) is 5.41 Å². The van der Waals surface area contributed by atoms with Gasteiger partial charge in [-0.3, -0.25) is 4.79 Å². The van der Waals surface area contributed by atoms with E-state index >= 15 is 0 Å². The molecule has 0 saturated carbocycles. The number of hydrogen-bond acceptors (Lipinski definition) is 2. The average molecular weight is 262 g/mol. The highest BCUT2D eigenvalue weighted by Crippen LogP contribution is 2.25. The number of ether oxygens (including phenoxy) is 1. The zero-order valence-corrected chi connectivity index (χ0v) is 12.3. The number of halogens is 1. The van der Waals surface area contributed by atoms with Gasteiger partial charge in [-0.2, -0.15) is 0 Å². The largest absolute Gasteiger partial charge is 0.367 e. The second kappa shape index (κ2) is 5.15. The van der Waals surface area contributed by atoms with Crippen molar-refractivity contribution in [1.82, 2.24) is 4.90 Å². The maximum Gasteiger partial charge on any atom is 0.223 e.